The van der Waals surface area contributed by atoms with Gasteiger partial charge in [0.1, 0.15) is 5.01 Å². The fourth-order valence-corrected chi connectivity index (χ4v) is 4.31. The summed E-state index contributed by atoms with van der Waals surface area (Å²) in [4.78, 5) is 26.8. The van der Waals surface area contributed by atoms with Gasteiger partial charge in [0.2, 0.25) is 11.0 Å². The standard InChI is InChI=1S/C22H22N4O2S/c1-3-15-8-10-17(11-9-15)26-13-16(12-19(26)27)21-24-25-22(29-21)23-20(28)18-7-5-4-6-14(18)2/h4-11,16H,3,12-13H2,1-2H3,(H,23,25,28)/t16-/m0/s1. The van der Waals surface area contributed by atoms with Crippen molar-refractivity contribution < 1.29 is 9.59 Å². The molecule has 148 valence electrons. The van der Waals surface area contributed by atoms with Gasteiger partial charge < -0.3 is 4.90 Å². The van der Waals surface area contributed by atoms with Gasteiger partial charge in [-0.2, -0.15) is 0 Å². The smallest absolute Gasteiger partial charge is 0.257 e. The third-order valence-electron chi connectivity index (χ3n) is 5.18. The largest absolute Gasteiger partial charge is 0.312 e. The fourth-order valence-electron chi connectivity index (χ4n) is 3.48. The predicted molar refractivity (Wildman–Crippen MR) is 115 cm³/mol. The minimum absolute atomic E-state index is 0.0186. The van der Waals surface area contributed by atoms with E-state index in [1.165, 1.54) is 16.9 Å². The molecule has 1 fully saturated rings. The average Bonchev–Trinajstić information content (AvgIpc) is 3.35. The lowest BCUT2D eigenvalue weighted by Crippen LogP contribution is -2.24. The molecule has 2 heterocycles. The van der Waals surface area contributed by atoms with Crippen LogP contribution in [0.5, 0.6) is 0 Å². The van der Waals surface area contributed by atoms with E-state index < -0.39 is 0 Å². The van der Waals surface area contributed by atoms with Crippen LogP contribution < -0.4 is 10.2 Å². The molecule has 29 heavy (non-hydrogen) atoms. The first-order valence-electron chi connectivity index (χ1n) is 9.65. The lowest BCUT2D eigenvalue weighted by Gasteiger charge is -2.16. The Kier molecular flexibility index (Phi) is 5.40. The zero-order chi connectivity index (χ0) is 20.4. The third kappa shape index (κ3) is 4.05. The summed E-state index contributed by atoms with van der Waals surface area (Å²) in [5, 5.41) is 12.4. The lowest BCUT2D eigenvalue weighted by atomic mass is 10.1. The highest BCUT2D eigenvalue weighted by Crippen LogP contribution is 2.34. The molecule has 3 aromatic rings. The molecule has 2 aromatic carbocycles. The molecule has 2 amide bonds. The number of amides is 2. The van der Waals surface area contributed by atoms with E-state index in [2.05, 4.69) is 34.6 Å². The van der Waals surface area contributed by atoms with Crippen molar-refractivity contribution in [1.29, 1.82) is 0 Å². The molecular weight excluding hydrogens is 384 g/mol. The summed E-state index contributed by atoms with van der Waals surface area (Å²) in [6, 6.07) is 15.5. The number of hydrogen-bond acceptors (Lipinski definition) is 5. The summed E-state index contributed by atoms with van der Waals surface area (Å²) in [5.74, 6) is -0.138. The van der Waals surface area contributed by atoms with Crippen molar-refractivity contribution in [3.8, 4) is 0 Å². The van der Waals surface area contributed by atoms with Gasteiger partial charge in [-0.05, 0) is 42.7 Å². The summed E-state index contributed by atoms with van der Waals surface area (Å²) >= 11 is 1.33. The minimum atomic E-state index is -0.203. The summed E-state index contributed by atoms with van der Waals surface area (Å²) in [6.45, 7) is 4.58. The van der Waals surface area contributed by atoms with Crippen molar-refractivity contribution in [1.82, 2.24) is 10.2 Å². The molecule has 1 aromatic heterocycles. The van der Waals surface area contributed by atoms with Gasteiger partial charge in [0.05, 0.1) is 0 Å². The summed E-state index contributed by atoms with van der Waals surface area (Å²) in [6.07, 6.45) is 1.37. The molecule has 0 radical (unpaired) electrons. The van der Waals surface area contributed by atoms with Crippen LogP contribution in [-0.4, -0.2) is 28.6 Å². The van der Waals surface area contributed by atoms with Crippen LogP contribution in [0.4, 0.5) is 10.8 Å². The Hall–Kier alpha value is -3.06. The van der Waals surface area contributed by atoms with Gasteiger partial charge in [0.25, 0.3) is 5.91 Å². The number of nitrogens with zero attached hydrogens (tertiary/aromatic N) is 3. The van der Waals surface area contributed by atoms with E-state index >= 15 is 0 Å². The van der Waals surface area contributed by atoms with Crippen LogP contribution in [-0.2, 0) is 11.2 Å². The van der Waals surface area contributed by atoms with Crippen molar-refractivity contribution in [2.24, 2.45) is 0 Å². The van der Waals surface area contributed by atoms with Crippen LogP contribution in [0.25, 0.3) is 0 Å². The number of hydrogen-bond donors (Lipinski definition) is 1. The van der Waals surface area contributed by atoms with E-state index in [1.807, 2.05) is 37.3 Å². The number of benzene rings is 2. The molecule has 7 heteroatoms. The molecule has 1 N–H and O–H groups in total. The Morgan fingerprint density at radius 1 is 1.17 bits per heavy atom. The van der Waals surface area contributed by atoms with E-state index in [0.717, 1.165) is 22.7 Å². The first-order valence-corrected chi connectivity index (χ1v) is 10.5. The Morgan fingerprint density at radius 2 is 1.93 bits per heavy atom. The van der Waals surface area contributed by atoms with Crippen molar-refractivity contribution in [3.63, 3.8) is 0 Å². The first kappa shape index (κ1) is 19.3. The second-order valence-corrected chi connectivity index (χ2v) is 8.15. The summed E-state index contributed by atoms with van der Waals surface area (Å²) < 4.78 is 0. The summed E-state index contributed by atoms with van der Waals surface area (Å²) in [7, 11) is 0. The van der Waals surface area contributed by atoms with E-state index in [0.29, 0.717) is 23.7 Å². The molecule has 1 aliphatic heterocycles. The van der Waals surface area contributed by atoms with Gasteiger partial charge in [-0.1, -0.05) is 48.6 Å². The molecule has 0 bridgehead atoms. The predicted octanol–water partition coefficient (Wildman–Crippen LogP) is 4.18. The quantitative estimate of drug-likeness (QED) is 0.690. The number of rotatable bonds is 5. The second kappa shape index (κ2) is 8.13. The van der Waals surface area contributed by atoms with Gasteiger partial charge in [0.15, 0.2) is 0 Å². The molecule has 1 saturated heterocycles. The zero-order valence-corrected chi connectivity index (χ0v) is 17.2. The maximum absolute atomic E-state index is 12.5. The Bertz CT molecular complexity index is 1040. The zero-order valence-electron chi connectivity index (χ0n) is 16.4. The van der Waals surface area contributed by atoms with E-state index in [-0.39, 0.29) is 17.7 Å². The van der Waals surface area contributed by atoms with Gasteiger partial charge in [0, 0.05) is 30.1 Å². The van der Waals surface area contributed by atoms with Crippen LogP contribution in [0, 0.1) is 6.92 Å². The molecular formula is C22H22N4O2S. The third-order valence-corrected chi connectivity index (χ3v) is 6.18. The summed E-state index contributed by atoms with van der Waals surface area (Å²) in [5.41, 5.74) is 3.67. The Balaban J connectivity index is 1.45. The molecule has 4 rings (SSSR count). The molecule has 0 aliphatic carbocycles. The normalized spacial score (nSPS) is 16.3. The number of nitrogens with one attached hydrogen (secondary N) is 1. The monoisotopic (exact) mass is 406 g/mol. The van der Waals surface area contributed by atoms with Crippen molar-refractivity contribution >= 4 is 34.0 Å². The van der Waals surface area contributed by atoms with Crippen LogP contribution in [0.1, 0.15) is 45.8 Å². The maximum Gasteiger partial charge on any atom is 0.257 e. The van der Waals surface area contributed by atoms with Crippen molar-refractivity contribution in [3.05, 3.63) is 70.2 Å². The van der Waals surface area contributed by atoms with E-state index in [4.69, 9.17) is 0 Å². The lowest BCUT2D eigenvalue weighted by molar-refractivity contribution is -0.117. The molecule has 0 spiro atoms. The number of anilines is 2. The highest BCUT2D eigenvalue weighted by atomic mass is 32.1. The molecule has 0 saturated carbocycles. The number of carbonyl (C=O) groups is 2. The second-order valence-electron chi connectivity index (χ2n) is 7.14. The van der Waals surface area contributed by atoms with Crippen LogP contribution in [0.2, 0.25) is 0 Å². The maximum atomic E-state index is 12.5. The number of aromatic nitrogens is 2. The van der Waals surface area contributed by atoms with Crippen LogP contribution >= 0.6 is 11.3 Å². The Morgan fingerprint density at radius 3 is 2.66 bits per heavy atom. The first-order chi connectivity index (χ1) is 14.0. The fraction of sp³-hybridized carbons (Fsp3) is 0.273. The molecule has 6 nitrogen and oxygen atoms in total. The van der Waals surface area contributed by atoms with Gasteiger partial charge >= 0.3 is 0 Å². The Labute approximate surface area is 173 Å². The highest BCUT2D eigenvalue weighted by molar-refractivity contribution is 7.15. The molecule has 0 unspecified atom stereocenters. The van der Waals surface area contributed by atoms with E-state index in [1.54, 1.807) is 11.0 Å². The minimum Gasteiger partial charge on any atom is -0.312 e. The van der Waals surface area contributed by atoms with E-state index in [9.17, 15) is 9.59 Å². The van der Waals surface area contributed by atoms with Crippen LogP contribution in [0.3, 0.4) is 0 Å². The van der Waals surface area contributed by atoms with Gasteiger partial charge in [-0.3, -0.25) is 14.9 Å². The average molecular weight is 407 g/mol. The van der Waals surface area contributed by atoms with Gasteiger partial charge in [-0.15, -0.1) is 10.2 Å². The number of aryl methyl sites for hydroxylation is 2. The van der Waals surface area contributed by atoms with Crippen LogP contribution in [0.15, 0.2) is 48.5 Å². The van der Waals surface area contributed by atoms with Crippen molar-refractivity contribution in [2.75, 3.05) is 16.8 Å². The van der Waals surface area contributed by atoms with Gasteiger partial charge in [-0.25, -0.2) is 0 Å². The molecule has 1 aliphatic rings. The van der Waals surface area contributed by atoms with Crippen molar-refractivity contribution in [2.45, 2.75) is 32.6 Å². The SMILES string of the molecule is CCc1ccc(N2C[C@@H](c3nnc(NC(=O)c4ccccc4C)s3)CC2=O)cc1. The number of carbonyl (C=O) groups excluding carboxylic acids is 2. The topological polar surface area (TPSA) is 75.2 Å². The molecule has 1 atom stereocenters. The highest BCUT2D eigenvalue weighted by Gasteiger charge is 2.34.